The fourth-order valence-electron chi connectivity index (χ4n) is 3.03. The number of phosphoric ester groups is 1. The second-order valence-corrected chi connectivity index (χ2v) is 11.0. The van der Waals surface area contributed by atoms with Gasteiger partial charge in [-0.1, -0.05) is 5.92 Å². The Morgan fingerprint density at radius 3 is 2.39 bits per heavy atom. The van der Waals surface area contributed by atoms with E-state index in [1.54, 1.807) is 5.92 Å². The van der Waals surface area contributed by atoms with Crippen molar-refractivity contribution in [2.24, 2.45) is 5.92 Å². The van der Waals surface area contributed by atoms with Crippen LogP contribution in [0, 0.1) is 25.2 Å². The van der Waals surface area contributed by atoms with Crippen LogP contribution in [0.25, 0.3) is 0 Å². The largest absolute Gasteiger partial charge is 0.490 e. The van der Waals surface area contributed by atoms with Crippen LogP contribution in [0.1, 0.15) is 11.9 Å². The van der Waals surface area contributed by atoms with Gasteiger partial charge in [-0.05, 0) is 13.0 Å². The fourth-order valence-corrected chi connectivity index (χ4v) is 6.06. The number of nitrogens with two attached hydrogens (primary N) is 1. The third-order valence-electron chi connectivity index (χ3n) is 4.29. The Labute approximate surface area is 184 Å². The lowest BCUT2D eigenvalue weighted by molar-refractivity contribution is -0.0530. The van der Waals surface area contributed by atoms with Crippen LogP contribution >= 0.6 is 23.5 Å². The van der Waals surface area contributed by atoms with Gasteiger partial charge in [0.05, 0.1) is 25.2 Å². The molecule has 33 heavy (non-hydrogen) atoms. The number of terminal acetylenes is 1. The van der Waals surface area contributed by atoms with E-state index in [2.05, 4.69) is 18.1 Å². The van der Waals surface area contributed by atoms with Crippen LogP contribution in [-0.2, 0) is 31.6 Å². The van der Waals surface area contributed by atoms with Gasteiger partial charge in [-0.3, -0.25) is 9.09 Å². The van der Waals surface area contributed by atoms with Crippen LogP contribution in [0.3, 0.4) is 0 Å². The van der Waals surface area contributed by atoms with Gasteiger partial charge in [-0.25, -0.2) is 22.9 Å². The van der Waals surface area contributed by atoms with Crippen LogP contribution in [-0.4, -0.2) is 59.2 Å². The van der Waals surface area contributed by atoms with Gasteiger partial charge in [-0.2, -0.15) is 13.6 Å². The van der Waals surface area contributed by atoms with E-state index >= 15 is 4.39 Å². The summed E-state index contributed by atoms with van der Waals surface area (Å²) in [5.74, 6) is -0.0599. The van der Waals surface area contributed by atoms with Crippen molar-refractivity contribution in [2.75, 3.05) is 18.9 Å². The van der Waals surface area contributed by atoms with Gasteiger partial charge in [-0.15, -0.1) is 6.42 Å². The first-order chi connectivity index (χ1) is 14.9. The maximum Gasteiger partial charge on any atom is 0.490 e. The third-order valence-corrected chi connectivity index (χ3v) is 8.09. The van der Waals surface area contributed by atoms with Gasteiger partial charge in [0.1, 0.15) is 5.82 Å². The predicted molar refractivity (Wildman–Crippen MR) is 105 cm³/mol. The summed E-state index contributed by atoms with van der Waals surface area (Å²) in [6.07, 6.45) is 1.75. The molecule has 0 aromatic carbocycles. The highest BCUT2D eigenvalue weighted by atomic mass is 31.3. The number of hydrogen-bond acceptors (Lipinski definition) is 11. The van der Waals surface area contributed by atoms with Gasteiger partial charge in [0.15, 0.2) is 6.23 Å². The second-order valence-electron chi connectivity index (χ2n) is 6.59. The summed E-state index contributed by atoms with van der Waals surface area (Å²) < 4.78 is 67.3. The monoisotopic (exact) mass is 537 g/mol. The highest BCUT2D eigenvalue weighted by molar-refractivity contribution is 7.66. The summed E-state index contributed by atoms with van der Waals surface area (Å²) in [7, 11) is -17.0. The minimum atomic E-state index is -5.79. The van der Waals surface area contributed by atoms with Crippen LogP contribution in [0.4, 0.5) is 10.2 Å². The molecule has 0 bridgehead atoms. The Morgan fingerprint density at radius 2 is 1.91 bits per heavy atom. The van der Waals surface area contributed by atoms with Crippen LogP contribution in [0.5, 0.6) is 0 Å². The molecule has 4 unspecified atom stereocenters. The molecule has 0 saturated carbocycles. The number of alkyl halides is 1. The first-order valence-corrected chi connectivity index (χ1v) is 13.0. The van der Waals surface area contributed by atoms with Crippen LogP contribution in [0.15, 0.2) is 10.9 Å². The van der Waals surface area contributed by atoms with E-state index in [-0.39, 0.29) is 11.5 Å². The summed E-state index contributed by atoms with van der Waals surface area (Å²) in [5.41, 5.74) is 1.60. The standard InChI is InChI=1S/C13H19FN3O13P3/c1-3-13(14)8(5-18)9(28-11(13)17-7(2)4-10(15)16-12(17)19)6-27-32(23,24)30-33(25,26)29-31(20,21)22/h1,4,8-9,11,18H,5-6H2,2H3,(H,23,24)(H,25,26)(H2,15,16,19)(H2,20,21,22)/t8?,9-,11-,13?/m1/s1. The smallest absolute Gasteiger partial charge is 0.396 e. The molecule has 1 saturated heterocycles. The molecule has 1 aliphatic heterocycles. The lowest BCUT2D eigenvalue weighted by Gasteiger charge is -2.26. The number of hydrogen-bond donors (Lipinski definition) is 6. The minimum Gasteiger partial charge on any atom is -0.396 e. The highest BCUT2D eigenvalue weighted by Crippen LogP contribution is 2.66. The summed E-state index contributed by atoms with van der Waals surface area (Å²) in [6, 6.07) is 1.20. The number of nitrogen functional groups attached to an aromatic ring is 1. The quantitative estimate of drug-likeness (QED) is 0.169. The van der Waals surface area contributed by atoms with E-state index in [4.69, 9.17) is 31.6 Å². The Hall–Kier alpha value is -1.50. The van der Waals surface area contributed by atoms with Crippen molar-refractivity contribution in [3.8, 4) is 12.3 Å². The first kappa shape index (κ1) is 27.7. The molecule has 1 fully saturated rings. The zero-order valence-corrected chi connectivity index (χ0v) is 19.2. The number of anilines is 1. The molecular formula is C13H19FN3O13P3. The van der Waals surface area contributed by atoms with Crippen LogP contribution in [0.2, 0.25) is 0 Å². The predicted octanol–water partition coefficient (Wildman–Crippen LogP) is -0.675. The maximum atomic E-state index is 15.7. The summed E-state index contributed by atoms with van der Waals surface area (Å²) >= 11 is 0. The SMILES string of the molecule is C#CC1(F)C(CO)[C@@H](COP(=O)(O)OP(=O)(O)OP(=O)(O)O)O[C@H]1n1c(C)cc(N)nc1=O. The van der Waals surface area contributed by atoms with Gasteiger partial charge in [0.25, 0.3) is 0 Å². The second kappa shape index (κ2) is 9.63. The number of phosphoric acid groups is 3. The van der Waals surface area contributed by atoms with Gasteiger partial charge >= 0.3 is 29.2 Å². The zero-order chi connectivity index (χ0) is 25.4. The van der Waals surface area contributed by atoms with Crippen molar-refractivity contribution in [2.45, 2.75) is 24.9 Å². The fraction of sp³-hybridized carbons (Fsp3) is 0.538. The Kier molecular flexibility index (Phi) is 8.10. The average Bonchev–Trinajstić information content (AvgIpc) is 2.88. The topological polar surface area (TPSA) is 250 Å². The molecule has 186 valence electrons. The van der Waals surface area contributed by atoms with Crippen molar-refractivity contribution >= 4 is 29.3 Å². The molecule has 2 heterocycles. The minimum absolute atomic E-state index is 0.0694. The average molecular weight is 537 g/mol. The third kappa shape index (κ3) is 6.55. The number of ether oxygens (including phenoxy) is 1. The Morgan fingerprint density at radius 1 is 1.30 bits per heavy atom. The molecule has 1 aliphatic rings. The number of aliphatic hydroxyl groups is 1. The van der Waals surface area contributed by atoms with E-state index in [9.17, 15) is 28.5 Å². The van der Waals surface area contributed by atoms with Gasteiger partial charge in [0.2, 0.25) is 5.67 Å². The summed E-state index contributed by atoms with van der Waals surface area (Å²) in [4.78, 5) is 51.5. The molecule has 0 radical (unpaired) electrons. The molecule has 7 N–H and O–H groups in total. The molecule has 0 amide bonds. The van der Waals surface area contributed by atoms with Crippen LogP contribution < -0.4 is 11.4 Å². The Balaban J connectivity index is 2.29. The normalized spacial score (nSPS) is 29.2. The molecule has 0 aliphatic carbocycles. The maximum absolute atomic E-state index is 15.7. The molecule has 6 atom stereocenters. The van der Waals surface area contributed by atoms with Crippen molar-refractivity contribution in [3.05, 3.63) is 22.2 Å². The van der Waals surface area contributed by atoms with Gasteiger partial charge < -0.3 is 35.2 Å². The van der Waals surface area contributed by atoms with E-state index in [1.165, 1.54) is 13.0 Å². The van der Waals surface area contributed by atoms with Crippen molar-refractivity contribution < 1.29 is 60.6 Å². The number of halogens is 1. The number of aliphatic hydroxyl groups excluding tert-OH is 1. The lowest BCUT2D eigenvalue weighted by Crippen LogP contribution is -2.43. The lowest BCUT2D eigenvalue weighted by atomic mass is 9.87. The van der Waals surface area contributed by atoms with E-state index in [0.717, 1.165) is 0 Å². The number of aromatic nitrogens is 2. The van der Waals surface area contributed by atoms with E-state index < -0.39 is 66.3 Å². The van der Waals surface area contributed by atoms with Crippen molar-refractivity contribution in [3.63, 3.8) is 0 Å². The van der Waals surface area contributed by atoms with E-state index in [0.29, 0.717) is 4.57 Å². The summed E-state index contributed by atoms with van der Waals surface area (Å²) in [6.45, 7) is -0.750. The molecular weight excluding hydrogens is 518 g/mol. The number of aryl methyl sites for hydroxylation is 1. The van der Waals surface area contributed by atoms with Crippen molar-refractivity contribution in [1.82, 2.24) is 9.55 Å². The van der Waals surface area contributed by atoms with Gasteiger partial charge in [0, 0.05) is 5.69 Å². The Bertz CT molecular complexity index is 1150. The molecule has 2 rings (SSSR count). The zero-order valence-electron chi connectivity index (χ0n) is 16.5. The van der Waals surface area contributed by atoms with Crippen molar-refractivity contribution in [1.29, 1.82) is 0 Å². The molecule has 1 aromatic heterocycles. The summed E-state index contributed by atoms with van der Waals surface area (Å²) in [5, 5.41) is 9.65. The number of rotatable bonds is 9. The molecule has 16 nitrogen and oxygen atoms in total. The van der Waals surface area contributed by atoms with E-state index in [1.807, 2.05) is 0 Å². The molecule has 1 aromatic rings. The molecule has 20 heteroatoms. The highest BCUT2D eigenvalue weighted by Gasteiger charge is 2.58. The molecule has 0 spiro atoms. The first-order valence-electron chi connectivity index (χ1n) is 8.51. The number of nitrogens with zero attached hydrogens (tertiary/aromatic N) is 2.